The summed E-state index contributed by atoms with van der Waals surface area (Å²) in [6, 6.07) is 9.73. The third-order valence-corrected chi connectivity index (χ3v) is 4.68. The topological polar surface area (TPSA) is 12.0 Å². The lowest BCUT2D eigenvalue weighted by atomic mass is 10.0. The van der Waals surface area contributed by atoms with Crippen LogP contribution >= 0.6 is 11.3 Å². The average molecular weight is 291 g/mol. The molecule has 0 amide bonds. The van der Waals surface area contributed by atoms with Gasteiger partial charge in [-0.15, -0.1) is 11.3 Å². The van der Waals surface area contributed by atoms with Crippen molar-refractivity contribution >= 4 is 11.3 Å². The van der Waals surface area contributed by atoms with E-state index >= 15 is 0 Å². The maximum absolute atomic E-state index is 13.2. The van der Waals surface area contributed by atoms with E-state index in [2.05, 4.69) is 38.2 Å². The maximum atomic E-state index is 13.2. The van der Waals surface area contributed by atoms with E-state index in [0.717, 1.165) is 17.7 Å². The first-order valence-corrected chi connectivity index (χ1v) is 7.94. The summed E-state index contributed by atoms with van der Waals surface area (Å²) in [5.74, 6) is 0.381. The molecule has 0 aliphatic carbocycles. The molecule has 3 heteroatoms. The maximum Gasteiger partial charge on any atom is 0.123 e. The number of halogens is 1. The van der Waals surface area contributed by atoms with Gasteiger partial charge < -0.3 is 5.32 Å². The number of thiophene rings is 1. The summed E-state index contributed by atoms with van der Waals surface area (Å²) in [6.45, 7) is 9.52. The molecule has 20 heavy (non-hydrogen) atoms. The van der Waals surface area contributed by atoms with Crippen molar-refractivity contribution in [1.82, 2.24) is 5.32 Å². The lowest BCUT2D eigenvalue weighted by Crippen LogP contribution is -2.24. The molecule has 0 aliphatic rings. The van der Waals surface area contributed by atoms with E-state index in [4.69, 9.17) is 0 Å². The van der Waals surface area contributed by atoms with Crippen molar-refractivity contribution in [2.75, 3.05) is 6.54 Å². The first kappa shape index (κ1) is 15.2. The van der Waals surface area contributed by atoms with Crippen LogP contribution in [0.3, 0.4) is 0 Å². The summed E-state index contributed by atoms with van der Waals surface area (Å²) in [5, 5.41) is 3.54. The van der Waals surface area contributed by atoms with Crippen LogP contribution in [-0.2, 0) is 0 Å². The van der Waals surface area contributed by atoms with Crippen molar-refractivity contribution in [2.24, 2.45) is 5.92 Å². The number of nitrogens with one attached hydrogen (secondary N) is 1. The van der Waals surface area contributed by atoms with E-state index < -0.39 is 0 Å². The van der Waals surface area contributed by atoms with E-state index in [1.165, 1.54) is 15.8 Å². The Kier molecular flexibility index (Phi) is 4.95. The highest BCUT2D eigenvalue weighted by Crippen LogP contribution is 2.35. The lowest BCUT2D eigenvalue weighted by molar-refractivity contribution is 0.428. The number of hydrogen-bond acceptors (Lipinski definition) is 2. The van der Waals surface area contributed by atoms with E-state index in [1.807, 2.05) is 13.0 Å². The molecular formula is C17H22FNS. The SMILES string of the molecule is CCNC(c1ccc(-c2ccc(F)cc2C)s1)C(C)C. The number of hydrogen-bond donors (Lipinski definition) is 1. The third kappa shape index (κ3) is 3.28. The summed E-state index contributed by atoms with van der Waals surface area (Å²) in [7, 11) is 0. The standard InChI is InChI=1S/C17H22FNS/c1-5-19-17(11(2)3)16-9-8-15(20-16)14-7-6-13(18)10-12(14)4/h6-11,17,19H,5H2,1-4H3. The minimum Gasteiger partial charge on any atom is -0.309 e. The molecule has 1 aromatic heterocycles. The van der Waals surface area contributed by atoms with E-state index in [-0.39, 0.29) is 5.82 Å². The molecule has 1 nitrogen and oxygen atoms in total. The highest BCUT2D eigenvalue weighted by molar-refractivity contribution is 7.15. The van der Waals surface area contributed by atoms with Crippen molar-refractivity contribution in [2.45, 2.75) is 33.7 Å². The summed E-state index contributed by atoms with van der Waals surface area (Å²) in [5.41, 5.74) is 2.12. The third-order valence-electron chi connectivity index (χ3n) is 3.48. The zero-order valence-corrected chi connectivity index (χ0v) is 13.4. The zero-order valence-electron chi connectivity index (χ0n) is 12.5. The Morgan fingerprint density at radius 3 is 2.55 bits per heavy atom. The normalized spacial score (nSPS) is 12.9. The fourth-order valence-electron chi connectivity index (χ4n) is 2.45. The fraction of sp³-hybridized carbons (Fsp3) is 0.412. The molecule has 0 fully saturated rings. The molecule has 0 radical (unpaired) electrons. The first-order valence-electron chi connectivity index (χ1n) is 7.12. The van der Waals surface area contributed by atoms with E-state index in [9.17, 15) is 4.39 Å². The van der Waals surface area contributed by atoms with Gasteiger partial charge in [0.15, 0.2) is 0 Å². The molecule has 1 atom stereocenters. The van der Waals surface area contributed by atoms with Gasteiger partial charge in [0.25, 0.3) is 0 Å². The van der Waals surface area contributed by atoms with Gasteiger partial charge in [-0.05, 0) is 54.8 Å². The molecule has 0 saturated carbocycles. The molecule has 1 heterocycles. The number of benzene rings is 1. The Morgan fingerprint density at radius 1 is 1.20 bits per heavy atom. The molecule has 2 aromatic rings. The summed E-state index contributed by atoms with van der Waals surface area (Å²) >= 11 is 1.80. The van der Waals surface area contributed by atoms with Crippen LogP contribution in [0.5, 0.6) is 0 Å². The van der Waals surface area contributed by atoms with Crippen molar-refractivity contribution in [3.63, 3.8) is 0 Å². The second-order valence-corrected chi connectivity index (χ2v) is 6.56. The van der Waals surface area contributed by atoms with Crippen LogP contribution < -0.4 is 5.32 Å². The molecule has 0 bridgehead atoms. The molecule has 1 unspecified atom stereocenters. The zero-order chi connectivity index (χ0) is 14.7. The predicted octanol–water partition coefficient (Wildman–Crippen LogP) is 5.17. The second-order valence-electron chi connectivity index (χ2n) is 5.44. The molecule has 1 aromatic carbocycles. The van der Waals surface area contributed by atoms with Gasteiger partial charge in [0.1, 0.15) is 5.82 Å². The minimum absolute atomic E-state index is 0.171. The molecule has 2 rings (SSSR count). The van der Waals surface area contributed by atoms with Gasteiger partial charge in [0, 0.05) is 15.8 Å². The minimum atomic E-state index is -0.171. The van der Waals surface area contributed by atoms with Crippen LogP contribution in [-0.4, -0.2) is 6.54 Å². The molecule has 0 spiro atoms. The highest BCUT2D eigenvalue weighted by Gasteiger charge is 2.17. The van der Waals surface area contributed by atoms with E-state index in [1.54, 1.807) is 17.4 Å². The number of rotatable bonds is 5. The second kappa shape index (κ2) is 6.51. The summed E-state index contributed by atoms with van der Waals surface area (Å²) < 4.78 is 13.2. The fourth-order valence-corrected chi connectivity index (χ4v) is 3.80. The molecular weight excluding hydrogens is 269 g/mol. The van der Waals surface area contributed by atoms with Gasteiger partial charge in [-0.25, -0.2) is 4.39 Å². The molecule has 108 valence electrons. The molecule has 1 N–H and O–H groups in total. The van der Waals surface area contributed by atoms with Crippen molar-refractivity contribution in [3.8, 4) is 10.4 Å². The van der Waals surface area contributed by atoms with Gasteiger partial charge in [0.2, 0.25) is 0 Å². The van der Waals surface area contributed by atoms with Gasteiger partial charge in [-0.2, -0.15) is 0 Å². The summed E-state index contributed by atoms with van der Waals surface area (Å²) in [6.07, 6.45) is 0. The Hall–Kier alpha value is -1.19. The quantitative estimate of drug-likeness (QED) is 0.801. The van der Waals surface area contributed by atoms with Crippen LogP contribution in [0, 0.1) is 18.7 Å². The van der Waals surface area contributed by atoms with Crippen LogP contribution in [0.15, 0.2) is 30.3 Å². The van der Waals surface area contributed by atoms with Gasteiger partial charge >= 0.3 is 0 Å². The van der Waals surface area contributed by atoms with Crippen molar-refractivity contribution < 1.29 is 4.39 Å². The lowest BCUT2D eigenvalue weighted by Gasteiger charge is -2.20. The smallest absolute Gasteiger partial charge is 0.123 e. The predicted molar refractivity (Wildman–Crippen MR) is 85.7 cm³/mol. The Bertz CT molecular complexity index is 574. The van der Waals surface area contributed by atoms with Gasteiger partial charge in [-0.3, -0.25) is 0 Å². The average Bonchev–Trinajstić information content (AvgIpc) is 2.84. The summed E-state index contributed by atoms with van der Waals surface area (Å²) in [4.78, 5) is 2.56. The van der Waals surface area contributed by atoms with Crippen molar-refractivity contribution in [3.05, 3.63) is 46.6 Å². The monoisotopic (exact) mass is 291 g/mol. The number of aryl methyl sites for hydroxylation is 1. The van der Waals surface area contributed by atoms with Crippen LogP contribution in [0.4, 0.5) is 4.39 Å². The first-order chi connectivity index (χ1) is 9.52. The van der Waals surface area contributed by atoms with Gasteiger partial charge in [-0.1, -0.05) is 26.8 Å². The van der Waals surface area contributed by atoms with Gasteiger partial charge in [0.05, 0.1) is 0 Å². The Balaban J connectivity index is 2.32. The van der Waals surface area contributed by atoms with Crippen LogP contribution in [0.1, 0.15) is 37.3 Å². The molecule has 0 aliphatic heterocycles. The molecule has 0 saturated heterocycles. The van der Waals surface area contributed by atoms with E-state index in [0.29, 0.717) is 12.0 Å². The van der Waals surface area contributed by atoms with Crippen molar-refractivity contribution in [1.29, 1.82) is 0 Å². The largest absolute Gasteiger partial charge is 0.309 e. The highest BCUT2D eigenvalue weighted by atomic mass is 32.1. The van der Waals surface area contributed by atoms with Crippen LogP contribution in [0.2, 0.25) is 0 Å². The Morgan fingerprint density at radius 2 is 1.95 bits per heavy atom. The van der Waals surface area contributed by atoms with Crippen LogP contribution in [0.25, 0.3) is 10.4 Å². The Labute approximate surface area is 124 Å².